The zero-order valence-corrected chi connectivity index (χ0v) is 21.1. The highest BCUT2D eigenvalue weighted by Gasteiger charge is 2.84. The second-order valence-electron chi connectivity index (χ2n) is 11.3. The minimum absolute atomic E-state index is 0.00920. The predicted octanol–water partition coefficient (Wildman–Crippen LogP) is 2.23. The Morgan fingerprint density at radius 3 is 2.50 bits per heavy atom. The van der Waals surface area contributed by atoms with Crippen LogP contribution in [0, 0.1) is 28.6 Å². The molecular formula is C26H34N2O7S. The first-order valence-electron chi connectivity index (χ1n) is 13.1. The molecule has 1 saturated heterocycles. The van der Waals surface area contributed by atoms with Gasteiger partial charge in [0, 0.05) is 19.8 Å². The van der Waals surface area contributed by atoms with Crippen molar-refractivity contribution >= 4 is 21.7 Å². The molecule has 1 spiro atoms. The van der Waals surface area contributed by atoms with Crippen molar-refractivity contribution in [1.82, 2.24) is 10.8 Å². The quantitative estimate of drug-likeness (QED) is 0.260. The van der Waals surface area contributed by atoms with E-state index < -0.39 is 20.5 Å². The first-order valence-corrected chi connectivity index (χ1v) is 14.6. The normalized spacial score (nSPS) is 35.2. The molecule has 3 N–H and O–H groups in total. The Bertz CT molecular complexity index is 1160. The van der Waals surface area contributed by atoms with Crippen LogP contribution in [0.5, 0.6) is 5.75 Å². The summed E-state index contributed by atoms with van der Waals surface area (Å²) in [4.78, 5) is 25.5. The van der Waals surface area contributed by atoms with Crippen molar-refractivity contribution in [2.75, 3.05) is 26.4 Å². The summed E-state index contributed by atoms with van der Waals surface area (Å²) < 4.78 is 35.9. The predicted molar refractivity (Wildman–Crippen MR) is 128 cm³/mol. The highest BCUT2D eigenvalue weighted by atomic mass is 32.2. The molecule has 5 atom stereocenters. The lowest BCUT2D eigenvalue weighted by molar-refractivity contribution is -0.360. The molecule has 5 unspecified atom stereocenters. The molecule has 6 fully saturated rings. The van der Waals surface area contributed by atoms with Gasteiger partial charge in [0.1, 0.15) is 5.75 Å². The molecular weight excluding hydrogens is 484 g/mol. The largest absolute Gasteiger partial charge is 0.494 e. The van der Waals surface area contributed by atoms with E-state index in [-0.39, 0.29) is 42.3 Å². The summed E-state index contributed by atoms with van der Waals surface area (Å²) in [7, 11) is -4.06. The molecule has 1 heterocycles. The molecule has 0 aromatic heterocycles. The molecule has 1 aliphatic heterocycles. The van der Waals surface area contributed by atoms with Gasteiger partial charge in [-0.15, -0.1) is 0 Å². The third-order valence-corrected chi connectivity index (χ3v) is 12.8. The van der Waals surface area contributed by atoms with Gasteiger partial charge in [-0.3, -0.25) is 14.8 Å². The van der Waals surface area contributed by atoms with Crippen molar-refractivity contribution in [2.45, 2.75) is 61.0 Å². The summed E-state index contributed by atoms with van der Waals surface area (Å²) in [5.41, 5.74) is 1.76. The van der Waals surface area contributed by atoms with Gasteiger partial charge in [-0.25, -0.2) is 13.9 Å². The van der Waals surface area contributed by atoms with Gasteiger partial charge < -0.3 is 14.8 Å². The number of nitrogens with one attached hydrogen (secondary N) is 2. The Kier molecular flexibility index (Phi) is 5.66. The van der Waals surface area contributed by atoms with E-state index in [1.165, 1.54) is 36.9 Å². The van der Waals surface area contributed by atoms with Crippen molar-refractivity contribution < 1.29 is 32.7 Å². The minimum Gasteiger partial charge on any atom is -0.494 e. The zero-order chi connectivity index (χ0) is 25.2. The molecule has 1 aromatic rings. The van der Waals surface area contributed by atoms with Crippen LogP contribution < -0.4 is 15.5 Å². The summed E-state index contributed by atoms with van der Waals surface area (Å²) >= 11 is 0. The van der Waals surface area contributed by atoms with Crippen molar-refractivity contribution in [2.24, 2.45) is 28.6 Å². The molecule has 2 amide bonds. The lowest BCUT2D eigenvalue weighted by Gasteiger charge is -2.85. The molecule has 9 nitrogen and oxygen atoms in total. The molecule has 10 heteroatoms. The molecule has 7 rings (SSSR count). The molecule has 5 aliphatic carbocycles. The van der Waals surface area contributed by atoms with Gasteiger partial charge in [-0.05, 0) is 98.8 Å². The van der Waals surface area contributed by atoms with E-state index in [0.717, 1.165) is 30.6 Å². The number of carbonyl (C=O) groups is 2. The van der Waals surface area contributed by atoms with Crippen LogP contribution in [0.25, 0.3) is 0 Å². The van der Waals surface area contributed by atoms with E-state index in [0.29, 0.717) is 30.7 Å². The van der Waals surface area contributed by atoms with Crippen LogP contribution in [0.4, 0.5) is 0 Å². The number of hydroxylamine groups is 1. The molecule has 6 aliphatic rings. The Balaban J connectivity index is 1.01. The minimum atomic E-state index is -4.06. The van der Waals surface area contributed by atoms with Gasteiger partial charge >= 0.3 is 0 Å². The second-order valence-corrected chi connectivity index (χ2v) is 13.6. The first kappa shape index (κ1) is 24.2. The topological polar surface area (TPSA) is 131 Å². The van der Waals surface area contributed by atoms with Crippen molar-refractivity contribution in [3.05, 3.63) is 24.3 Å². The lowest BCUT2D eigenvalue weighted by atomic mass is 9.18. The smallest absolute Gasteiger partial charge is 0.265 e. The molecule has 1 aromatic carbocycles. The zero-order valence-electron chi connectivity index (χ0n) is 20.3. The van der Waals surface area contributed by atoms with Crippen LogP contribution in [-0.2, 0) is 24.2 Å². The Labute approximate surface area is 211 Å². The van der Waals surface area contributed by atoms with E-state index >= 15 is 0 Å². The molecule has 5 saturated carbocycles. The molecule has 0 radical (unpaired) electrons. The third kappa shape index (κ3) is 3.04. The number of ether oxygens (including phenoxy) is 2. The van der Waals surface area contributed by atoms with Crippen LogP contribution in [0.1, 0.15) is 51.4 Å². The van der Waals surface area contributed by atoms with Crippen LogP contribution >= 0.6 is 0 Å². The Hall–Kier alpha value is -2.17. The van der Waals surface area contributed by atoms with Gasteiger partial charge in [0.25, 0.3) is 5.91 Å². The van der Waals surface area contributed by atoms with Gasteiger partial charge in [0.05, 0.1) is 16.9 Å². The number of benzene rings is 1. The summed E-state index contributed by atoms with van der Waals surface area (Å²) in [6.45, 7) is 1.19. The Morgan fingerprint density at radius 1 is 1.08 bits per heavy atom. The highest BCUT2D eigenvalue weighted by Crippen LogP contribution is 2.88. The summed E-state index contributed by atoms with van der Waals surface area (Å²) in [5.74, 6) is 2.29. The van der Waals surface area contributed by atoms with Gasteiger partial charge in [-0.2, -0.15) is 0 Å². The maximum atomic E-state index is 13.3. The van der Waals surface area contributed by atoms with Crippen LogP contribution in [-0.4, -0.2) is 56.6 Å². The highest BCUT2D eigenvalue weighted by molar-refractivity contribution is 7.93. The van der Waals surface area contributed by atoms with Crippen LogP contribution in [0.2, 0.25) is 0 Å². The van der Waals surface area contributed by atoms with E-state index in [1.54, 1.807) is 12.1 Å². The second kappa shape index (κ2) is 8.43. The molecule has 196 valence electrons. The maximum Gasteiger partial charge on any atom is 0.265 e. The lowest BCUT2D eigenvalue weighted by Crippen LogP contribution is -2.82. The van der Waals surface area contributed by atoms with Crippen molar-refractivity contribution in [3.8, 4) is 5.75 Å². The molecule has 36 heavy (non-hydrogen) atoms. The first-order chi connectivity index (χ1) is 17.3. The third-order valence-electron chi connectivity index (χ3n) is 10.3. The Morgan fingerprint density at radius 2 is 1.83 bits per heavy atom. The van der Waals surface area contributed by atoms with Gasteiger partial charge in [-0.1, -0.05) is 0 Å². The number of sulfone groups is 1. The molecule has 2 bridgehead atoms. The number of hydrogen-bond acceptors (Lipinski definition) is 7. The monoisotopic (exact) mass is 518 g/mol. The fourth-order valence-electron chi connectivity index (χ4n) is 8.38. The van der Waals surface area contributed by atoms with Crippen molar-refractivity contribution in [1.29, 1.82) is 0 Å². The average molecular weight is 519 g/mol. The number of fused-ring (bicyclic) bond motifs is 1. The van der Waals surface area contributed by atoms with Crippen molar-refractivity contribution in [3.63, 3.8) is 0 Å². The van der Waals surface area contributed by atoms with E-state index in [9.17, 15) is 18.0 Å². The summed E-state index contributed by atoms with van der Waals surface area (Å²) in [6, 6.07) is 5.97. The fourth-order valence-corrected chi connectivity index (χ4v) is 10.3. The summed E-state index contributed by atoms with van der Waals surface area (Å²) in [5, 5.41) is 12.3. The van der Waals surface area contributed by atoms with Crippen LogP contribution in [0.3, 0.4) is 0 Å². The number of rotatable bonds is 9. The number of amides is 2. The standard InChI is InChI=1S/C26H34N2O7S/c29-22(24-7-6-17-15-26(24)18(16-24)14-21(17)26)27-10-1-11-35-19-2-4-20(5-3-19)36(32,33)25(23(30)28-31)8-12-34-13-9-25/h2-5,17-18,21,31H,1,6-16H2,(H,27,29)(H,28,30). The number of carbonyl (C=O) groups excluding carboxylic acids is 2. The van der Waals surface area contributed by atoms with E-state index in [1.807, 2.05) is 0 Å². The average Bonchev–Trinajstić information content (AvgIpc) is 2.88. The van der Waals surface area contributed by atoms with Gasteiger partial charge in [0.2, 0.25) is 5.91 Å². The van der Waals surface area contributed by atoms with Gasteiger partial charge in [0.15, 0.2) is 14.6 Å². The van der Waals surface area contributed by atoms with E-state index in [4.69, 9.17) is 14.7 Å². The fraction of sp³-hybridized carbons (Fsp3) is 0.692. The van der Waals surface area contributed by atoms with Crippen LogP contribution in [0.15, 0.2) is 29.2 Å². The summed E-state index contributed by atoms with van der Waals surface area (Å²) in [6.07, 6.45) is 6.54. The maximum absolute atomic E-state index is 13.3. The van der Waals surface area contributed by atoms with E-state index in [2.05, 4.69) is 5.32 Å². The number of hydrogen-bond donors (Lipinski definition) is 3. The SMILES string of the molecule is O=C(NCCCOc1ccc(S(=O)(=O)C2(C(=O)NO)CCOCC2)cc1)C12CCC3CC14C(CC34)C2.